The molecule has 0 fully saturated rings. The van der Waals surface area contributed by atoms with Crippen LogP contribution < -0.4 is 5.43 Å². The smallest absolute Gasteiger partial charge is 0.343 e. The molecule has 0 aliphatic rings. The first-order valence-corrected chi connectivity index (χ1v) is 5.81. The number of aromatic amines is 1. The number of aromatic nitrogens is 1. The second-order valence-corrected chi connectivity index (χ2v) is 4.56. The summed E-state index contributed by atoms with van der Waals surface area (Å²) in [4.78, 5) is 26.3. The third-order valence-corrected chi connectivity index (χ3v) is 3.32. The van der Waals surface area contributed by atoms with E-state index < -0.39 is 11.4 Å². The summed E-state index contributed by atoms with van der Waals surface area (Å²) in [6.45, 7) is 0. The van der Waals surface area contributed by atoms with E-state index in [0.29, 0.717) is 9.99 Å². The van der Waals surface area contributed by atoms with Gasteiger partial charge < -0.3 is 9.72 Å². The molecule has 0 aliphatic carbocycles. The minimum atomic E-state index is -0.691. The van der Waals surface area contributed by atoms with Crippen molar-refractivity contribution in [2.45, 2.75) is 0 Å². The average Bonchev–Trinajstić information content (AvgIpc) is 2.33. The Hall–Kier alpha value is -1.33. The summed E-state index contributed by atoms with van der Waals surface area (Å²) in [5, 5.41) is 0.555. The lowest BCUT2D eigenvalue weighted by molar-refractivity contribution is 0.0599. The lowest BCUT2D eigenvalue weighted by Crippen LogP contribution is -2.17. The average molecular weight is 317 g/mol. The van der Waals surface area contributed by atoms with Gasteiger partial charge in [-0.3, -0.25) is 4.79 Å². The molecule has 0 atom stereocenters. The van der Waals surface area contributed by atoms with Crippen molar-refractivity contribution in [2.75, 3.05) is 7.11 Å². The highest BCUT2D eigenvalue weighted by molar-refractivity contribution is 9.10. The summed E-state index contributed by atoms with van der Waals surface area (Å²) >= 11 is 9.26. The molecule has 0 saturated carbocycles. The summed E-state index contributed by atoms with van der Waals surface area (Å²) in [7, 11) is 1.22. The Bertz CT molecular complexity index is 666. The molecular formula is C11H7BrClNO3. The molecule has 2 aromatic rings. The van der Waals surface area contributed by atoms with E-state index >= 15 is 0 Å². The second-order valence-electron chi connectivity index (χ2n) is 3.30. The highest BCUT2D eigenvalue weighted by atomic mass is 79.9. The molecule has 0 radical (unpaired) electrons. The topological polar surface area (TPSA) is 59.2 Å². The Balaban J connectivity index is 2.89. The van der Waals surface area contributed by atoms with E-state index in [2.05, 4.69) is 25.7 Å². The SMILES string of the molecule is COC(=O)c1c[nH]c2c(Br)ccc(Cl)c2c1=O. The molecule has 4 nitrogen and oxygen atoms in total. The lowest BCUT2D eigenvalue weighted by atomic mass is 10.1. The predicted octanol–water partition coefficient (Wildman–Crippen LogP) is 2.73. The van der Waals surface area contributed by atoms with E-state index in [1.165, 1.54) is 13.3 Å². The fourth-order valence-corrected chi connectivity index (χ4v) is 2.21. The molecule has 0 saturated heterocycles. The van der Waals surface area contributed by atoms with Crippen molar-refractivity contribution in [2.24, 2.45) is 0 Å². The van der Waals surface area contributed by atoms with Crippen LogP contribution in [0.25, 0.3) is 10.9 Å². The highest BCUT2D eigenvalue weighted by Crippen LogP contribution is 2.26. The number of benzene rings is 1. The first kappa shape index (κ1) is 12.1. The maximum atomic E-state index is 12.1. The number of H-pyrrole nitrogens is 1. The van der Waals surface area contributed by atoms with Crippen molar-refractivity contribution in [1.82, 2.24) is 4.98 Å². The number of ether oxygens (including phenoxy) is 1. The van der Waals surface area contributed by atoms with E-state index in [9.17, 15) is 9.59 Å². The fourth-order valence-electron chi connectivity index (χ4n) is 1.52. The standard InChI is InChI=1S/C11H7BrClNO3/c1-17-11(16)5-4-14-9-6(12)2-3-7(13)8(9)10(5)15/h2-4H,1H3,(H,14,15). The molecule has 0 bridgehead atoms. The highest BCUT2D eigenvalue weighted by Gasteiger charge is 2.16. The van der Waals surface area contributed by atoms with Gasteiger partial charge in [0.05, 0.1) is 23.0 Å². The number of pyridine rings is 1. The van der Waals surface area contributed by atoms with E-state index in [-0.39, 0.29) is 16.0 Å². The van der Waals surface area contributed by atoms with Gasteiger partial charge in [0.15, 0.2) is 0 Å². The zero-order chi connectivity index (χ0) is 12.6. The number of esters is 1. The molecule has 0 amide bonds. The van der Waals surface area contributed by atoms with E-state index in [0.717, 1.165) is 0 Å². The summed E-state index contributed by atoms with van der Waals surface area (Å²) in [5.74, 6) is -0.691. The molecule has 17 heavy (non-hydrogen) atoms. The molecule has 0 spiro atoms. The summed E-state index contributed by atoms with van der Waals surface area (Å²) in [6, 6.07) is 3.31. The van der Waals surface area contributed by atoms with E-state index in [1.807, 2.05) is 0 Å². The number of fused-ring (bicyclic) bond motifs is 1. The summed E-state index contributed by atoms with van der Waals surface area (Å²) < 4.78 is 5.22. The lowest BCUT2D eigenvalue weighted by Gasteiger charge is -2.04. The number of carbonyl (C=O) groups is 1. The maximum absolute atomic E-state index is 12.1. The molecule has 1 aromatic carbocycles. The molecule has 1 aromatic heterocycles. The van der Waals surface area contributed by atoms with Gasteiger partial charge in [0.2, 0.25) is 5.43 Å². The summed E-state index contributed by atoms with van der Waals surface area (Å²) in [6.07, 6.45) is 1.32. The van der Waals surface area contributed by atoms with E-state index in [4.69, 9.17) is 11.6 Å². The largest absolute Gasteiger partial charge is 0.465 e. The molecule has 1 heterocycles. The predicted molar refractivity (Wildman–Crippen MR) is 68.6 cm³/mol. The minimum Gasteiger partial charge on any atom is -0.465 e. The number of rotatable bonds is 1. The Kier molecular flexibility index (Phi) is 3.22. The monoisotopic (exact) mass is 315 g/mol. The van der Waals surface area contributed by atoms with Gasteiger partial charge in [0.1, 0.15) is 5.56 Å². The first-order chi connectivity index (χ1) is 8.06. The maximum Gasteiger partial charge on any atom is 0.343 e. The van der Waals surface area contributed by atoms with Gasteiger partial charge in [-0.15, -0.1) is 0 Å². The van der Waals surface area contributed by atoms with Crippen LogP contribution in [0.3, 0.4) is 0 Å². The normalized spacial score (nSPS) is 10.5. The van der Waals surface area contributed by atoms with Gasteiger partial charge in [-0.25, -0.2) is 4.79 Å². The summed E-state index contributed by atoms with van der Waals surface area (Å²) in [5.41, 5.74) is 0.0343. The van der Waals surface area contributed by atoms with Crippen LogP contribution in [0.4, 0.5) is 0 Å². The third-order valence-electron chi connectivity index (χ3n) is 2.34. The zero-order valence-electron chi connectivity index (χ0n) is 8.71. The third kappa shape index (κ3) is 1.96. The van der Waals surface area contributed by atoms with Crippen LogP contribution in [0.15, 0.2) is 27.6 Å². The fraction of sp³-hybridized carbons (Fsp3) is 0.0909. The van der Waals surface area contributed by atoms with Gasteiger partial charge in [0, 0.05) is 10.7 Å². The van der Waals surface area contributed by atoms with Crippen LogP contribution in [-0.2, 0) is 4.74 Å². The number of carbonyl (C=O) groups excluding carboxylic acids is 1. The van der Waals surface area contributed by atoms with Crippen molar-refractivity contribution >= 4 is 44.4 Å². The zero-order valence-corrected chi connectivity index (χ0v) is 11.1. The minimum absolute atomic E-state index is 0.0694. The number of methoxy groups -OCH3 is 1. The number of hydrogen-bond acceptors (Lipinski definition) is 3. The van der Waals surface area contributed by atoms with Crippen LogP contribution in [0.1, 0.15) is 10.4 Å². The molecule has 1 N–H and O–H groups in total. The van der Waals surface area contributed by atoms with Crippen LogP contribution in [0, 0.1) is 0 Å². The Labute approximate surface area is 110 Å². The molecular weight excluding hydrogens is 309 g/mol. The van der Waals surface area contributed by atoms with Crippen LogP contribution in [0.5, 0.6) is 0 Å². The van der Waals surface area contributed by atoms with Gasteiger partial charge >= 0.3 is 5.97 Å². The Morgan fingerprint density at radius 1 is 1.47 bits per heavy atom. The number of hydrogen-bond donors (Lipinski definition) is 1. The molecule has 6 heteroatoms. The van der Waals surface area contributed by atoms with Crippen LogP contribution in [0.2, 0.25) is 5.02 Å². The Morgan fingerprint density at radius 2 is 2.18 bits per heavy atom. The number of halogens is 2. The second kappa shape index (κ2) is 4.50. The molecule has 2 rings (SSSR count). The first-order valence-electron chi connectivity index (χ1n) is 4.64. The van der Waals surface area contributed by atoms with Gasteiger partial charge in [-0.1, -0.05) is 11.6 Å². The van der Waals surface area contributed by atoms with Crippen molar-refractivity contribution in [3.8, 4) is 0 Å². The molecule has 0 unspecified atom stereocenters. The molecule has 88 valence electrons. The molecule has 0 aliphatic heterocycles. The van der Waals surface area contributed by atoms with E-state index in [1.54, 1.807) is 12.1 Å². The van der Waals surface area contributed by atoms with Crippen molar-refractivity contribution in [3.05, 3.63) is 43.6 Å². The van der Waals surface area contributed by atoms with Gasteiger partial charge in [0.25, 0.3) is 0 Å². The van der Waals surface area contributed by atoms with Gasteiger partial charge in [-0.2, -0.15) is 0 Å². The quantitative estimate of drug-likeness (QED) is 0.823. The van der Waals surface area contributed by atoms with Crippen LogP contribution >= 0.6 is 27.5 Å². The van der Waals surface area contributed by atoms with Gasteiger partial charge in [-0.05, 0) is 28.1 Å². The number of nitrogens with one attached hydrogen (secondary N) is 1. The van der Waals surface area contributed by atoms with Crippen molar-refractivity contribution in [1.29, 1.82) is 0 Å². The Morgan fingerprint density at radius 3 is 2.82 bits per heavy atom. The van der Waals surface area contributed by atoms with Crippen LogP contribution in [-0.4, -0.2) is 18.1 Å². The van der Waals surface area contributed by atoms with Crippen molar-refractivity contribution in [3.63, 3.8) is 0 Å². The van der Waals surface area contributed by atoms with Crippen molar-refractivity contribution < 1.29 is 9.53 Å².